The van der Waals surface area contributed by atoms with Gasteiger partial charge in [-0.2, -0.15) is 0 Å². The third-order valence-electron chi connectivity index (χ3n) is 8.20. The number of anilines is 2. The fraction of sp³-hybridized carbons (Fsp3) is 0.375. The van der Waals surface area contributed by atoms with E-state index >= 15 is 0 Å². The first-order valence-electron chi connectivity index (χ1n) is 15.0. The number of nitrogens with two attached hydrogens (primary N) is 1. The molecule has 0 radical (unpaired) electrons. The quantitative estimate of drug-likeness (QED) is 0.273. The number of nitrogens with one attached hydrogen (secondary N) is 2. The Labute approximate surface area is 251 Å². The molecule has 1 unspecified atom stereocenters. The highest BCUT2D eigenvalue weighted by Crippen LogP contribution is 2.29. The summed E-state index contributed by atoms with van der Waals surface area (Å²) in [6.45, 7) is 7.72. The molecule has 4 heterocycles. The maximum atomic E-state index is 13.1. The summed E-state index contributed by atoms with van der Waals surface area (Å²) in [6, 6.07) is 16.7. The van der Waals surface area contributed by atoms with E-state index in [2.05, 4.69) is 44.2 Å². The molecule has 2 aromatic heterocycles. The van der Waals surface area contributed by atoms with Crippen molar-refractivity contribution in [3.05, 3.63) is 71.9 Å². The summed E-state index contributed by atoms with van der Waals surface area (Å²) in [7, 11) is 0. The van der Waals surface area contributed by atoms with E-state index in [0.29, 0.717) is 36.7 Å². The van der Waals surface area contributed by atoms with Crippen LogP contribution in [0.5, 0.6) is 0 Å². The van der Waals surface area contributed by atoms with Crippen molar-refractivity contribution in [1.29, 1.82) is 0 Å². The highest BCUT2D eigenvalue weighted by atomic mass is 16.5. The Morgan fingerprint density at radius 1 is 0.953 bits per heavy atom. The molecule has 4 N–H and O–H groups in total. The van der Waals surface area contributed by atoms with Gasteiger partial charge in [0.1, 0.15) is 11.5 Å². The third-order valence-corrected chi connectivity index (χ3v) is 8.20. The number of nitrogens with zero attached hydrogens (tertiary/aromatic N) is 5. The number of rotatable bonds is 9. The number of hydrogen-bond donors (Lipinski definition) is 3. The lowest BCUT2D eigenvalue weighted by Gasteiger charge is -2.28. The summed E-state index contributed by atoms with van der Waals surface area (Å²) in [5.74, 6) is 1.12. The minimum Gasteiger partial charge on any atom is -0.378 e. The standard InChI is InChI=1S/C32H38N8O3/c1-2-38-16-13-26-30(38)36-29(37-31(26)40-17-19-43-20-18-40)24-9-11-25(12-10-24)34-32(42)35-27(39-14-3-4-15-39)21-22-5-7-23(8-6-22)28(33)41/h5-13,16,27H,2-4,14-15,17-21H2,1H3,(H2,33,41)(H2,34,35,42). The van der Waals surface area contributed by atoms with E-state index in [4.69, 9.17) is 20.4 Å². The molecule has 0 bridgehead atoms. The molecule has 0 saturated carbocycles. The zero-order valence-electron chi connectivity index (χ0n) is 24.5. The largest absolute Gasteiger partial charge is 0.378 e. The highest BCUT2D eigenvalue weighted by molar-refractivity contribution is 5.93. The molecule has 0 spiro atoms. The van der Waals surface area contributed by atoms with Crippen LogP contribution in [-0.2, 0) is 17.7 Å². The second-order valence-corrected chi connectivity index (χ2v) is 11.0. The van der Waals surface area contributed by atoms with Gasteiger partial charge in [-0.15, -0.1) is 0 Å². The van der Waals surface area contributed by atoms with E-state index in [9.17, 15) is 9.59 Å². The summed E-state index contributed by atoms with van der Waals surface area (Å²) in [5, 5.41) is 7.18. The topological polar surface area (TPSA) is 131 Å². The van der Waals surface area contributed by atoms with Gasteiger partial charge >= 0.3 is 6.03 Å². The predicted molar refractivity (Wildman–Crippen MR) is 167 cm³/mol. The molecule has 11 heteroatoms. The number of carbonyl (C=O) groups is 2. The predicted octanol–water partition coefficient (Wildman–Crippen LogP) is 3.84. The average molecular weight is 583 g/mol. The summed E-state index contributed by atoms with van der Waals surface area (Å²) in [5.41, 5.74) is 9.34. The van der Waals surface area contributed by atoms with Gasteiger partial charge in [0.15, 0.2) is 5.82 Å². The monoisotopic (exact) mass is 582 g/mol. The number of benzene rings is 2. The molecule has 0 aliphatic carbocycles. The van der Waals surface area contributed by atoms with Crippen molar-refractivity contribution in [3.8, 4) is 11.4 Å². The van der Waals surface area contributed by atoms with Crippen LogP contribution in [0, 0.1) is 0 Å². The Morgan fingerprint density at radius 2 is 1.67 bits per heavy atom. The number of morpholine rings is 1. The number of amides is 3. The minimum atomic E-state index is -0.452. The Bertz CT molecular complexity index is 1570. The maximum absolute atomic E-state index is 13.1. The van der Waals surface area contributed by atoms with Crippen molar-refractivity contribution in [1.82, 2.24) is 24.8 Å². The van der Waals surface area contributed by atoms with E-state index in [0.717, 1.165) is 73.5 Å². The molecule has 1 atom stereocenters. The second kappa shape index (κ2) is 12.8. The molecule has 224 valence electrons. The Kier molecular flexibility index (Phi) is 8.52. The molecule has 2 aliphatic heterocycles. The van der Waals surface area contributed by atoms with E-state index in [1.165, 1.54) is 0 Å². The minimum absolute atomic E-state index is 0.172. The zero-order chi connectivity index (χ0) is 29.8. The molecule has 4 aromatic rings. The van der Waals surface area contributed by atoms with Gasteiger partial charge in [-0.3, -0.25) is 9.69 Å². The molecular weight excluding hydrogens is 544 g/mol. The molecule has 43 heavy (non-hydrogen) atoms. The van der Waals surface area contributed by atoms with Crippen LogP contribution in [0.2, 0.25) is 0 Å². The summed E-state index contributed by atoms with van der Waals surface area (Å²) in [6.07, 6.45) is 4.72. The van der Waals surface area contributed by atoms with Crippen LogP contribution < -0.4 is 21.3 Å². The van der Waals surface area contributed by atoms with Crippen molar-refractivity contribution < 1.29 is 14.3 Å². The molecule has 2 fully saturated rings. The highest BCUT2D eigenvalue weighted by Gasteiger charge is 2.24. The van der Waals surface area contributed by atoms with Gasteiger partial charge in [0.2, 0.25) is 5.91 Å². The van der Waals surface area contributed by atoms with Crippen LogP contribution in [-0.4, -0.2) is 76.9 Å². The normalized spacial score (nSPS) is 16.3. The first kappa shape index (κ1) is 28.6. The average Bonchev–Trinajstić information content (AvgIpc) is 3.72. The molecule has 2 saturated heterocycles. The lowest BCUT2D eigenvalue weighted by molar-refractivity contribution is 0.1000. The molecule has 6 rings (SSSR count). The van der Waals surface area contributed by atoms with E-state index in [1.54, 1.807) is 12.1 Å². The number of hydrogen-bond acceptors (Lipinski definition) is 7. The molecule has 11 nitrogen and oxygen atoms in total. The summed E-state index contributed by atoms with van der Waals surface area (Å²) < 4.78 is 7.70. The number of fused-ring (bicyclic) bond motifs is 1. The van der Waals surface area contributed by atoms with Crippen LogP contribution in [0.3, 0.4) is 0 Å². The maximum Gasteiger partial charge on any atom is 0.320 e. The van der Waals surface area contributed by atoms with Crippen LogP contribution in [0.4, 0.5) is 16.3 Å². The first-order valence-corrected chi connectivity index (χ1v) is 15.0. The molecule has 2 aromatic carbocycles. The van der Waals surface area contributed by atoms with Crippen LogP contribution in [0.15, 0.2) is 60.8 Å². The summed E-state index contributed by atoms with van der Waals surface area (Å²) >= 11 is 0. The lowest BCUT2D eigenvalue weighted by atomic mass is 10.1. The number of aromatic nitrogens is 3. The summed E-state index contributed by atoms with van der Waals surface area (Å²) in [4.78, 5) is 39.0. The van der Waals surface area contributed by atoms with Gasteiger partial charge in [0, 0.05) is 62.2 Å². The molecular formula is C32H38N8O3. The van der Waals surface area contributed by atoms with Gasteiger partial charge in [0.25, 0.3) is 0 Å². The van der Waals surface area contributed by atoms with Crippen molar-refractivity contribution in [2.45, 2.75) is 38.9 Å². The van der Waals surface area contributed by atoms with E-state index in [-0.39, 0.29) is 12.2 Å². The fourth-order valence-electron chi connectivity index (χ4n) is 5.82. The zero-order valence-corrected chi connectivity index (χ0v) is 24.5. The van der Waals surface area contributed by atoms with Gasteiger partial charge in [-0.1, -0.05) is 12.1 Å². The Balaban J connectivity index is 1.17. The van der Waals surface area contributed by atoms with Crippen molar-refractivity contribution in [2.75, 3.05) is 49.6 Å². The number of primary amides is 1. The van der Waals surface area contributed by atoms with E-state index in [1.807, 2.05) is 36.4 Å². The van der Waals surface area contributed by atoms with E-state index < -0.39 is 5.91 Å². The Morgan fingerprint density at radius 3 is 2.35 bits per heavy atom. The Hall–Kier alpha value is -4.48. The first-order chi connectivity index (χ1) is 21.0. The lowest BCUT2D eigenvalue weighted by Crippen LogP contribution is -2.49. The second-order valence-electron chi connectivity index (χ2n) is 11.0. The van der Waals surface area contributed by atoms with Gasteiger partial charge < -0.3 is 30.6 Å². The SMILES string of the molecule is CCn1ccc2c(N3CCOCC3)nc(-c3ccc(NC(=O)NC(Cc4ccc(C(N)=O)cc4)N4CCCC4)cc3)nc21. The smallest absolute Gasteiger partial charge is 0.320 e. The number of likely N-dealkylation sites (tertiary alicyclic amines) is 1. The number of urea groups is 1. The van der Waals surface area contributed by atoms with Gasteiger partial charge in [-0.25, -0.2) is 14.8 Å². The van der Waals surface area contributed by atoms with Crippen molar-refractivity contribution in [3.63, 3.8) is 0 Å². The van der Waals surface area contributed by atoms with Crippen LogP contribution in [0.1, 0.15) is 35.7 Å². The van der Waals surface area contributed by atoms with Crippen LogP contribution >= 0.6 is 0 Å². The van der Waals surface area contributed by atoms with Crippen molar-refractivity contribution >= 4 is 34.5 Å². The van der Waals surface area contributed by atoms with Gasteiger partial charge in [-0.05, 0) is 67.8 Å². The number of aryl methyl sites for hydroxylation is 1. The number of ether oxygens (including phenoxy) is 1. The molecule has 2 aliphatic rings. The molecule has 3 amide bonds. The fourth-order valence-corrected chi connectivity index (χ4v) is 5.82. The third kappa shape index (κ3) is 6.47. The van der Waals surface area contributed by atoms with Crippen molar-refractivity contribution in [2.24, 2.45) is 5.73 Å². The van der Waals surface area contributed by atoms with Crippen LogP contribution in [0.25, 0.3) is 22.4 Å². The number of carbonyl (C=O) groups excluding carboxylic acids is 2. The van der Waals surface area contributed by atoms with Gasteiger partial charge in [0.05, 0.1) is 24.8 Å².